The summed E-state index contributed by atoms with van der Waals surface area (Å²) in [6, 6.07) is 2.23. The van der Waals surface area contributed by atoms with Gasteiger partial charge in [-0.15, -0.1) is 22.9 Å². The van der Waals surface area contributed by atoms with Crippen LogP contribution >= 0.6 is 34.3 Å². The number of halogens is 1. The van der Waals surface area contributed by atoms with Crippen LogP contribution in [0.1, 0.15) is 18.2 Å². The van der Waals surface area contributed by atoms with Crippen molar-refractivity contribution in [2.75, 3.05) is 5.88 Å². The monoisotopic (exact) mass is 242 g/mol. The van der Waals surface area contributed by atoms with Crippen molar-refractivity contribution in [2.45, 2.75) is 13.3 Å². The van der Waals surface area contributed by atoms with Crippen molar-refractivity contribution >= 4 is 50.4 Å². The average molecular weight is 243 g/mol. The summed E-state index contributed by atoms with van der Waals surface area (Å²) in [6.45, 7) is 2.14. The Morgan fingerprint density at radius 3 is 3.00 bits per heavy atom. The predicted molar refractivity (Wildman–Crippen MR) is 68.7 cm³/mol. The van der Waals surface area contributed by atoms with Crippen LogP contribution in [0, 0.1) is 0 Å². The molecule has 0 fully saturated rings. The highest BCUT2D eigenvalue weighted by molar-refractivity contribution is 7.23. The molecule has 3 heteroatoms. The number of hydrogen-bond donors (Lipinski definition) is 0. The topological polar surface area (TPSA) is 0 Å². The first-order chi connectivity index (χ1) is 6.83. The fraction of sp³-hybridized carbons (Fsp3) is 0.273. The Balaban J connectivity index is 2.35. The first kappa shape index (κ1) is 10.2. The van der Waals surface area contributed by atoms with Gasteiger partial charge in [0, 0.05) is 26.2 Å². The maximum absolute atomic E-state index is 5.83. The molecule has 0 bridgehead atoms. The fourth-order valence-electron chi connectivity index (χ4n) is 1.30. The molecule has 0 aromatic carbocycles. The molecule has 2 aromatic heterocycles. The van der Waals surface area contributed by atoms with Crippen molar-refractivity contribution in [3.05, 3.63) is 27.3 Å². The molecule has 0 atom stereocenters. The van der Waals surface area contributed by atoms with Crippen molar-refractivity contribution in [3.63, 3.8) is 0 Å². The average Bonchev–Trinajstić information content (AvgIpc) is 2.73. The first-order valence-corrected chi connectivity index (χ1v) is 6.84. The van der Waals surface area contributed by atoms with Crippen LogP contribution in [-0.2, 0) is 0 Å². The van der Waals surface area contributed by atoms with E-state index in [9.17, 15) is 0 Å². The van der Waals surface area contributed by atoms with Gasteiger partial charge in [-0.2, -0.15) is 11.3 Å². The first-order valence-electron chi connectivity index (χ1n) is 4.54. The summed E-state index contributed by atoms with van der Waals surface area (Å²) in [4.78, 5) is 1.32. The molecule has 2 heterocycles. The Morgan fingerprint density at radius 1 is 1.50 bits per heavy atom. The van der Waals surface area contributed by atoms with Crippen LogP contribution in [0.5, 0.6) is 0 Å². The largest absolute Gasteiger partial charge is 0.150 e. The van der Waals surface area contributed by atoms with Crippen LogP contribution in [0.25, 0.3) is 16.2 Å². The highest BCUT2D eigenvalue weighted by atomic mass is 35.5. The van der Waals surface area contributed by atoms with E-state index in [4.69, 9.17) is 11.6 Å². The molecular formula is C11H11ClS2. The molecule has 0 unspecified atom stereocenters. The van der Waals surface area contributed by atoms with Crippen LogP contribution in [0.4, 0.5) is 0 Å². The maximum atomic E-state index is 5.83. The molecule has 2 rings (SSSR count). The number of rotatable bonds is 3. The summed E-state index contributed by atoms with van der Waals surface area (Å²) >= 11 is 9.43. The molecule has 0 nitrogen and oxygen atoms in total. The third kappa shape index (κ3) is 2.02. The SMILES string of the molecule is CC/C(=C/c1cc2cscc2s1)CCl. The van der Waals surface area contributed by atoms with Gasteiger partial charge in [0.05, 0.1) is 0 Å². The number of thiophene rings is 2. The molecule has 14 heavy (non-hydrogen) atoms. The second kappa shape index (κ2) is 4.47. The third-order valence-corrected chi connectivity index (χ3v) is 4.45. The van der Waals surface area contributed by atoms with E-state index in [0.717, 1.165) is 6.42 Å². The van der Waals surface area contributed by atoms with Gasteiger partial charge in [-0.3, -0.25) is 0 Å². The van der Waals surface area contributed by atoms with Crippen LogP contribution in [-0.4, -0.2) is 5.88 Å². The standard InChI is InChI=1S/C11H11ClS2/c1-2-8(5-12)3-10-4-9-6-13-7-11(9)14-10/h3-4,6-7H,2,5H2,1H3/b8-3-. The number of allylic oxidation sites excluding steroid dienone is 1. The normalized spacial score (nSPS) is 12.6. The second-order valence-electron chi connectivity index (χ2n) is 3.13. The molecule has 0 aliphatic heterocycles. The molecule has 0 amide bonds. The molecule has 2 aromatic rings. The summed E-state index contributed by atoms with van der Waals surface area (Å²) in [6.07, 6.45) is 3.25. The van der Waals surface area contributed by atoms with Crippen molar-refractivity contribution in [1.82, 2.24) is 0 Å². The van der Waals surface area contributed by atoms with Crippen LogP contribution in [0.3, 0.4) is 0 Å². The van der Waals surface area contributed by atoms with Gasteiger partial charge < -0.3 is 0 Å². The van der Waals surface area contributed by atoms with E-state index in [1.165, 1.54) is 20.5 Å². The summed E-state index contributed by atoms with van der Waals surface area (Å²) < 4.78 is 1.38. The van der Waals surface area contributed by atoms with E-state index in [1.807, 2.05) is 11.3 Å². The molecular weight excluding hydrogens is 232 g/mol. The lowest BCUT2D eigenvalue weighted by atomic mass is 10.2. The van der Waals surface area contributed by atoms with Gasteiger partial charge in [0.1, 0.15) is 0 Å². The minimum Gasteiger partial charge on any atom is -0.150 e. The summed E-state index contributed by atoms with van der Waals surface area (Å²) in [5.74, 6) is 0.640. The predicted octanol–water partition coefficient (Wildman–Crippen LogP) is 5.00. The Bertz CT molecular complexity index is 416. The molecule has 74 valence electrons. The van der Waals surface area contributed by atoms with Gasteiger partial charge in [0.2, 0.25) is 0 Å². The van der Waals surface area contributed by atoms with E-state index < -0.39 is 0 Å². The molecule has 0 aliphatic rings. The van der Waals surface area contributed by atoms with Gasteiger partial charge in [-0.25, -0.2) is 0 Å². The van der Waals surface area contributed by atoms with Crippen molar-refractivity contribution in [1.29, 1.82) is 0 Å². The second-order valence-corrected chi connectivity index (χ2v) is 5.26. The van der Waals surface area contributed by atoms with Crippen molar-refractivity contribution in [3.8, 4) is 0 Å². The molecule has 0 radical (unpaired) electrons. The van der Waals surface area contributed by atoms with E-state index in [1.54, 1.807) is 11.3 Å². The zero-order chi connectivity index (χ0) is 9.97. The smallest absolute Gasteiger partial charge is 0.0456 e. The van der Waals surface area contributed by atoms with Gasteiger partial charge in [0.15, 0.2) is 0 Å². The Labute approximate surface area is 96.8 Å². The van der Waals surface area contributed by atoms with E-state index in [-0.39, 0.29) is 0 Å². The van der Waals surface area contributed by atoms with Crippen LogP contribution < -0.4 is 0 Å². The van der Waals surface area contributed by atoms with Gasteiger partial charge >= 0.3 is 0 Å². The zero-order valence-corrected chi connectivity index (χ0v) is 10.3. The molecule has 0 aliphatic carbocycles. The number of fused-ring (bicyclic) bond motifs is 1. The van der Waals surface area contributed by atoms with E-state index in [0.29, 0.717) is 5.88 Å². The molecule has 0 saturated carbocycles. The highest BCUT2D eigenvalue weighted by Crippen LogP contribution is 2.30. The molecule has 0 N–H and O–H groups in total. The summed E-state index contributed by atoms with van der Waals surface area (Å²) in [7, 11) is 0. The van der Waals surface area contributed by atoms with Crippen LogP contribution in [0.2, 0.25) is 0 Å². The minimum atomic E-state index is 0.640. The van der Waals surface area contributed by atoms with Crippen molar-refractivity contribution in [2.24, 2.45) is 0 Å². The lowest BCUT2D eigenvalue weighted by Crippen LogP contribution is -1.79. The fourth-order valence-corrected chi connectivity index (χ4v) is 3.57. The van der Waals surface area contributed by atoms with Gasteiger partial charge in [0.25, 0.3) is 0 Å². The quantitative estimate of drug-likeness (QED) is 0.665. The Hall–Kier alpha value is -0.310. The summed E-state index contributed by atoms with van der Waals surface area (Å²) in [5.41, 5.74) is 1.30. The minimum absolute atomic E-state index is 0.640. The van der Waals surface area contributed by atoms with E-state index >= 15 is 0 Å². The zero-order valence-electron chi connectivity index (χ0n) is 7.92. The summed E-state index contributed by atoms with van der Waals surface area (Å²) in [5, 5.41) is 5.75. The number of alkyl halides is 1. The number of hydrogen-bond acceptors (Lipinski definition) is 2. The van der Waals surface area contributed by atoms with Gasteiger partial charge in [-0.1, -0.05) is 12.5 Å². The third-order valence-electron chi connectivity index (χ3n) is 2.15. The molecule has 0 spiro atoms. The lowest BCUT2D eigenvalue weighted by Gasteiger charge is -1.95. The lowest BCUT2D eigenvalue weighted by molar-refractivity contribution is 1.12. The Morgan fingerprint density at radius 2 is 2.36 bits per heavy atom. The van der Waals surface area contributed by atoms with Crippen molar-refractivity contribution < 1.29 is 0 Å². The maximum Gasteiger partial charge on any atom is 0.0456 e. The molecule has 0 saturated heterocycles. The van der Waals surface area contributed by atoms with E-state index in [2.05, 4.69) is 29.8 Å². The highest BCUT2D eigenvalue weighted by Gasteiger charge is 2.01. The Kier molecular flexibility index (Phi) is 3.26. The van der Waals surface area contributed by atoms with Crippen LogP contribution in [0.15, 0.2) is 22.4 Å². The van der Waals surface area contributed by atoms with Gasteiger partial charge in [-0.05, 0) is 23.9 Å².